The van der Waals surface area contributed by atoms with Crippen molar-refractivity contribution in [3.05, 3.63) is 25.9 Å². The number of aromatic carboxylic acids is 1. The van der Waals surface area contributed by atoms with Crippen LogP contribution in [-0.2, 0) is 0 Å². The number of carboxylic acids is 1. The van der Waals surface area contributed by atoms with Gasteiger partial charge in [-0.3, -0.25) is 0 Å². The van der Waals surface area contributed by atoms with E-state index in [9.17, 15) is 9.90 Å². The zero-order valence-corrected chi connectivity index (χ0v) is 14.5. The topological polar surface area (TPSA) is 40.1 Å². The summed E-state index contributed by atoms with van der Waals surface area (Å²) >= 11 is 8.36. The summed E-state index contributed by atoms with van der Waals surface area (Å²) in [6.45, 7) is 0. The first kappa shape index (κ1) is 12.7. The van der Waals surface area contributed by atoms with Crippen molar-refractivity contribution >= 4 is 96.3 Å². The van der Waals surface area contributed by atoms with E-state index in [-0.39, 0.29) is 0 Å². The first-order chi connectivity index (χ1) is 5.95. The van der Waals surface area contributed by atoms with Crippen molar-refractivity contribution in [2.24, 2.45) is 0 Å². The fourth-order valence-electron chi connectivity index (χ4n) is 0.753. The van der Waals surface area contributed by atoms with Crippen LogP contribution in [0.1, 0.15) is 10.4 Å². The molecule has 0 saturated heterocycles. The molecule has 0 unspecified atom stereocenters. The molecule has 0 heterocycles. The standard InChI is InChI=1S/C7H2I4O2/c8-2-1-3(9)5(10)6(11)4(2)7(12)13/h1H,(H,12,13)/p-1. The minimum absolute atomic E-state index is 0.297. The summed E-state index contributed by atoms with van der Waals surface area (Å²) in [6, 6.07) is 1.84. The highest BCUT2D eigenvalue weighted by molar-refractivity contribution is 14.1. The molecule has 0 N–H and O–H groups in total. The van der Waals surface area contributed by atoms with Crippen LogP contribution in [0.25, 0.3) is 0 Å². The number of carbonyl (C=O) groups excluding carboxylic acids is 1. The van der Waals surface area contributed by atoms with Crippen LogP contribution in [0.4, 0.5) is 0 Å². The minimum atomic E-state index is -1.11. The number of halogens is 4. The molecule has 1 aromatic rings. The van der Waals surface area contributed by atoms with E-state index < -0.39 is 5.97 Å². The lowest BCUT2D eigenvalue weighted by Crippen LogP contribution is -2.25. The van der Waals surface area contributed by atoms with Gasteiger partial charge in [0.1, 0.15) is 0 Å². The highest BCUT2D eigenvalue weighted by Crippen LogP contribution is 2.28. The lowest BCUT2D eigenvalue weighted by molar-refractivity contribution is -0.255. The predicted octanol–water partition coefficient (Wildman–Crippen LogP) is 2.47. The third-order valence-electron chi connectivity index (χ3n) is 1.32. The molecular weight excluding hydrogens is 624 g/mol. The largest absolute Gasteiger partial charge is 0.545 e. The van der Waals surface area contributed by atoms with E-state index in [0.717, 1.165) is 14.3 Å². The Labute approximate surface area is 130 Å². The van der Waals surface area contributed by atoms with Crippen molar-refractivity contribution in [3.63, 3.8) is 0 Å². The van der Waals surface area contributed by atoms with Crippen LogP contribution in [-0.4, -0.2) is 5.97 Å². The molecule has 0 saturated carbocycles. The van der Waals surface area contributed by atoms with Crippen molar-refractivity contribution in [1.82, 2.24) is 0 Å². The average Bonchev–Trinajstić information content (AvgIpc) is 1.99. The Morgan fingerprint density at radius 2 is 1.62 bits per heavy atom. The van der Waals surface area contributed by atoms with Gasteiger partial charge in [0.05, 0.1) is 5.97 Å². The highest BCUT2D eigenvalue weighted by atomic mass is 127. The molecule has 0 bridgehead atoms. The normalized spacial score (nSPS) is 10.2. The highest BCUT2D eigenvalue weighted by Gasteiger charge is 2.12. The molecule has 1 aromatic carbocycles. The van der Waals surface area contributed by atoms with Crippen LogP contribution in [0.3, 0.4) is 0 Å². The molecule has 2 nitrogen and oxygen atoms in total. The van der Waals surface area contributed by atoms with E-state index in [1.807, 2.05) is 51.2 Å². The molecule has 13 heavy (non-hydrogen) atoms. The maximum atomic E-state index is 10.8. The average molecular weight is 625 g/mol. The third kappa shape index (κ3) is 2.80. The Hall–Kier alpha value is 1.61. The Kier molecular flexibility index (Phi) is 4.97. The van der Waals surface area contributed by atoms with Crippen molar-refractivity contribution in [1.29, 1.82) is 0 Å². The zero-order chi connectivity index (χ0) is 10.2. The van der Waals surface area contributed by atoms with E-state index >= 15 is 0 Å². The smallest absolute Gasteiger partial charge is 0.0737 e. The molecule has 0 aliphatic carbocycles. The Morgan fingerprint density at radius 3 is 2.08 bits per heavy atom. The second kappa shape index (κ2) is 5.09. The number of carboxylic acid groups (broad SMARTS) is 1. The van der Waals surface area contributed by atoms with Crippen molar-refractivity contribution in [2.75, 3.05) is 0 Å². The summed E-state index contributed by atoms with van der Waals surface area (Å²) < 4.78 is 3.52. The van der Waals surface area contributed by atoms with Gasteiger partial charge in [-0.05, 0) is 96.4 Å². The molecule has 6 heteroatoms. The monoisotopic (exact) mass is 625 g/mol. The summed E-state index contributed by atoms with van der Waals surface area (Å²) in [5.41, 5.74) is 0.297. The van der Waals surface area contributed by atoms with Crippen LogP contribution in [0.2, 0.25) is 0 Å². The van der Waals surface area contributed by atoms with Crippen LogP contribution >= 0.6 is 90.4 Å². The number of benzene rings is 1. The van der Waals surface area contributed by atoms with Gasteiger partial charge in [0.15, 0.2) is 0 Å². The lowest BCUT2D eigenvalue weighted by atomic mass is 10.2. The van der Waals surface area contributed by atoms with Gasteiger partial charge in [-0.15, -0.1) is 0 Å². The van der Waals surface area contributed by atoms with Gasteiger partial charge < -0.3 is 9.90 Å². The van der Waals surface area contributed by atoms with E-state index in [4.69, 9.17) is 0 Å². The van der Waals surface area contributed by atoms with Gasteiger partial charge >= 0.3 is 0 Å². The van der Waals surface area contributed by atoms with Crippen LogP contribution in [0.15, 0.2) is 6.07 Å². The summed E-state index contributed by atoms with van der Waals surface area (Å²) in [5.74, 6) is -1.11. The maximum absolute atomic E-state index is 10.8. The molecule has 70 valence electrons. The number of hydrogen-bond acceptors (Lipinski definition) is 2. The fourth-order valence-corrected chi connectivity index (χ4v) is 4.99. The lowest BCUT2D eigenvalue weighted by Gasteiger charge is -2.11. The second-order valence-electron chi connectivity index (χ2n) is 2.13. The minimum Gasteiger partial charge on any atom is -0.545 e. The zero-order valence-electron chi connectivity index (χ0n) is 5.91. The van der Waals surface area contributed by atoms with Gasteiger partial charge in [-0.1, -0.05) is 0 Å². The molecule has 0 aromatic heterocycles. The first-order valence-electron chi connectivity index (χ1n) is 2.99. The van der Waals surface area contributed by atoms with Crippen molar-refractivity contribution in [3.8, 4) is 0 Å². The maximum Gasteiger partial charge on any atom is 0.0737 e. The van der Waals surface area contributed by atoms with E-state index in [1.165, 1.54) is 0 Å². The molecule has 0 fully saturated rings. The van der Waals surface area contributed by atoms with Crippen molar-refractivity contribution < 1.29 is 9.90 Å². The molecule has 0 aliphatic heterocycles. The van der Waals surface area contributed by atoms with Gasteiger partial charge in [-0.25, -0.2) is 0 Å². The number of rotatable bonds is 1. The van der Waals surface area contributed by atoms with Gasteiger partial charge in [-0.2, -0.15) is 0 Å². The molecular formula is C7HI4O2-. The second-order valence-corrected chi connectivity index (χ2v) is 6.61. The molecule has 0 radical (unpaired) electrons. The van der Waals surface area contributed by atoms with Crippen molar-refractivity contribution in [2.45, 2.75) is 0 Å². The van der Waals surface area contributed by atoms with Crippen LogP contribution < -0.4 is 5.11 Å². The van der Waals surface area contributed by atoms with Gasteiger partial charge in [0.25, 0.3) is 0 Å². The first-order valence-corrected chi connectivity index (χ1v) is 7.31. The quantitative estimate of drug-likeness (QED) is 0.274. The van der Waals surface area contributed by atoms with Crippen LogP contribution in [0, 0.1) is 14.3 Å². The third-order valence-corrected chi connectivity index (χ3v) is 7.28. The van der Waals surface area contributed by atoms with E-state index in [0.29, 0.717) is 5.56 Å². The summed E-state index contributed by atoms with van der Waals surface area (Å²) in [5, 5.41) is 10.8. The van der Waals surface area contributed by atoms with E-state index in [1.54, 1.807) is 0 Å². The molecule has 0 aliphatic rings. The Morgan fingerprint density at radius 1 is 1.08 bits per heavy atom. The number of carbonyl (C=O) groups is 1. The SMILES string of the molecule is O=C([O-])c1c(I)cc(I)c(I)c1I. The molecule has 0 atom stereocenters. The van der Waals surface area contributed by atoms with E-state index in [2.05, 4.69) is 45.2 Å². The summed E-state index contributed by atoms with van der Waals surface area (Å²) in [4.78, 5) is 10.8. The molecule has 0 amide bonds. The summed E-state index contributed by atoms with van der Waals surface area (Å²) in [7, 11) is 0. The fraction of sp³-hybridized carbons (Fsp3) is 0. The predicted molar refractivity (Wildman–Crippen MR) is 81.6 cm³/mol. The molecule has 1 rings (SSSR count). The van der Waals surface area contributed by atoms with Crippen LogP contribution in [0.5, 0.6) is 0 Å². The molecule has 0 spiro atoms. The Balaban J connectivity index is 3.53. The summed E-state index contributed by atoms with van der Waals surface area (Å²) in [6.07, 6.45) is 0. The number of hydrogen-bond donors (Lipinski definition) is 0. The van der Waals surface area contributed by atoms with Gasteiger partial charge in [0, 0.05) is 19.8 Å². The van der Waals surface area contributed by atoms with Gasteiger partial charge in [0.2, 0.25) is 0 Å². The Bertz CT molecular complexity index is 375.